The van der Waals surface area contributed by atoms with Gasteiger partial charge in [-0.3, -0.25) is 4.79 Å². The molecule has 0 saturated heterocycles. The molecule has 1 N–H and O–H groups in total. The van der Waals surface area contributed by atoms with Gasteiger partial charge in [0.1, 0.15) is 11.5 Å². The van der Waals surface area contributed by atoms with Gasteiger partial charge in [-0.05, 0) is 50.2 Å². The summed E-state index contributed by atoms with van der Waals surface area (Å²) in [5.41, 5.74) is 0.916. The van der Waals surface area contributed by atoms with Crippen molar-refractivity contribution in [3.63, 3.8) is 0 Å². The lowest BCUT2D eigenvalue weighted by Crippen LogP contribution is -2.21. The fourth-order valence-corrected chi connectivity index (χ4v) is 1.74. The number of benzene rings is 1. The first-order valence-corrected chi connectivity index (χ1v) is 6.35. The van der Waals surface area contributed by atoms with Gasteiger partial charge in [-0.2, -0.15) is 0 Å². The van der Waals surface area contributed by atoms with Crippen molar-refractivity contribution >= 4 is 5.91 Å². The average Bonchev–Trinajstić information content (AvgIpc) is 2.90. The van der Waals surface area contributed by atoms with Crippen LogP contribution in [0.5, 0.6) is 5.75 Å². The molecule has 1 heterocycles. The third-order valence-electron chi connectivity index (χ3n) is 2.62. The van der Waals surface area contributed by atoms with E-state index in [4.69, 9.17) is 9.15 Å². The summed E-state index contributed by atoms with van der Waals surface area (Å²) in [6.45, 7) is 5.03. The first-order valence-electron chi connectivity index (χ1n) is 6.35. The van der Waals surface area contributed by atoms with E-state index >= 15 is 0 Å². The fourth-order valence-electron chi connectivity index (χ4n) is 1.74. The number of ether oxygens (including phenoxy) is 1. The Bertz CT molecular complexity index is 543. The van der Waals surface area contributed by atoms with Gasteiger partial charge in [0, 0.05) is 12.1 Å². The molecule has 100 valence electrons. The van der Waals surface area contributed by atoms with Crippen molar-refractivity contribution in [1.82, 2.24) is 5.32 Å². The van der Waals surface area contributed by atoms with E-state index in [1.807, 2.05) is 38.1 Å². The summed E-state index contributed by atoms with van der Waals surface area (Å²) in [6.07, 6.45) is 0. The van der Waals surface area contributed by atoms with Crippen molar-refractivity contribution in [1.29, 1.82) is 0 Å². The Balaban J connectivity index is 2.15. The summed E-state index contributed by atoms with van der Waals surface area (Å²) in [4.78, 5) is 11.6. The minimum atomic E-state index is -0.195. The fraction of sp³-hybridized carbons (Fsp3) is 0.267. The summed E-state index contributed by atoms with van der Waals surface area (Å²) in [5, 5.41) is 2.70. The van der Waals surface area contributed by atoms with Gasteiger partial charge in [-0.25, -0.2) is 0 Å². The molecule has 2 rings (SSSR count). The van der Waals surface area contributed by atoms with E-state index in [2.05, 4.69) is 5.32 Å². The van der Waals surface area contributed by atoms with Gasteiger partial charge in [0.15, 0.2) is 5.76 Å². The third-order valence-corrected chi connectivity index (χ3v) is 2.62. The normalized spacial score (nSPS) is 10.2. The maximum absolute atomic E-state index is 11.6. The van der Waals surface area contributed by atoms with E-state index in [9.17, 15) is 4.79 Å². The van der Waals surface area contributed by atoms with Gasteiger partial charge in [-0.1, -0.05) is 0 Å². The Morgan fingerprint density at radius 2 is 1.89 bits per heavy atom. The number of amides is 1. The van der Waals surface area contributed by atoms with Crippen LogP contribution >= 0.6 is 0 Å². The smallest absolute Gasteiger partial charge is 0.287 e. The number of hydrogen-bond donors (Lipinski definition) is 1. The van der Waals surface area contributed by atoms with Gasteiger partial charge in [0.05, 0.1) is 6.61 Å². The second-order valence-electron chi connectivity index (χ2n) is 3.98. The van der Waals surface area contributed by atoms with Crippen molar-refractivity contribution in [3.8, 4) is 17.1 Å². The van der Waals surface area contributed by atoms with Crippen LogP contribution in [0.25, 0.3) is 11.3 Å². The molecule has 0 aliphatic carbocycles. The number of nitrogens with one attached hydrogen (secondary N) is 1. The van der Waals surface area contributed by atoms with Crippen LogP contribution in [0.4, 0.5) is 0 Å². The highest BCUT2D eigenvalue weighted by atomic mass is 16.5. The highest BCUT2D eigenvalue weighted by Gasteiger charge is 2.11. The van der Waals surface area contributed by atoms with Crippen molar-refractivity contribution in [2.45, 2.75) is 13.8 Å². The predicted octanol–water partition coefficient (Wildman–Crippen LogP) is 3.10. The molecule has 1 aromatic carbocycles. The molecule has 0 aliphatic rings. The third kappa shape index (κ3) is 3.16. The summed E-state index contributed by atoms with van der Waals surface area (Å²) in [7, 11) is 0. The number of furan rings is 1. The molecule has 1 amide bonds. The van der Waals surface area contributed by atoms with Crippen LogP contribution in [0.2, 0.25) is 0 Å². The lowest BCUT2D eigenvalue weighted by atomic mass is 10.2. The quantitative estimate of drug-likeness (QED) is 0.897. The Morgan fingerprint density at radius 3 is 2.53 bits per heavy atom. The van der Waals surface area contributed by atoms with Crippen LogP contribution < -0.4 is 10.1 Å². The van der Waals surface area contributed by atoms with Crippen LogP contribution in [-0.4, -0.2) is 19.1 Å². The molecule has 2 aromatic rings. The number of rotatable bonds is 5. The maximum atomic E-state index is 11.6. The summed E-state index contributed by atoms with van der Waals surface area (Å²) in [6, 6.07) is 11.0. The standard InChI is InChI=1S/C15H17NO3/c1-3-16-15(17)14-10-9-13(19-14)11-5-7-12(8-6-11)18-4-2/h5-10H,3-4H2,1-2H3,(H,16,17). The molecule has 0 fully saturated rings. The highest BCUT2D eigenvalue weighted by molar-refractivity contribution is 5.92. The monoisotopic (exact) mass is 259 g/mol. The molecule has 4 heteroatoms. The molecular formula is C15H17NO3. The Labute approximate surface area is 112 Å². The van der Waals surface area contributed by atoms with Crippen LogP contribution in [0.3, 0.4) is 0 Å². The second kappa shape index (κ2) is 6.09. The molecule has 0 unspecified atom stereocenters. The SMILES string of the molecule is CCNC(=O)c1ccc(-c2ccc(OCC)cc2)o1. The van der Waals surface area contributed by atoms with E-state index in [0.29, 0.717) is 24.7 Å². The Kier molecular flexibility index (Phi) is 4.23. The van der Waals surface area contributed by atoms with E-state index in [1.165, 1.54) is 0 Å². The van der Waals surface area contributed by atoms with Gasteiger partial charge < -0.3 is 14.5 Å². The first kappa shape index (κ1) is 13.2. The number of carbonyl (C=O) groups excluding carboxylic acids is 1. The zero-order valence-corrected chi connectivity index (χ0v) is 11.1. The maximum Gasteiger partial charge on any atom is 0.287 e. The van der Waals surface area contributed by atoms with Crippen molar-refractivity contribution in [3.05, 3.63) is 42.2 Å². The Morgan fingerprint density at radius 1 is 1.16 bits per heavy atom. The molecule has 4 nitrogen and oxygen atoms in total. The lowest BCUT2D eigenvalue weighted by molar-refractivity contribution is 0.0929. The number of hydrogen-bond acceptors (Lipinski definition) is 3. The molecule has 0 spiro atoms. The molecule has 0 bridgehead atoms. The summed E-state index contributed by atoms with van der Waals surface area (Å²) >= 11 is 0. The van der Waals surface area contributed by atoms with Gasteiger partial charge >= 0.3 is 0 Å². The lowest BCUT2D eigenvalue weighted by Gasteiger charge is -2.03. The van der Waals surface area contributed by atoms with Crippen molar-refractivity contribution in [2.24, 2.45) is 0 Å². The van der Waals surface area contributed by atoms with Crippen molar-refractivity contribution in [2.75, 3.05) is 13.2 Å². The molecule has 1 aromatic heterocycles. The van der Waals surface area contributed by atoms with Crippen LogP contribution in [0.1, 0.15) is 24.4 Å². The minimum Gasteiger partial charge on any atom is -0.494 e. The Hall–Kier alpha value is -2.23. The van der Waals surface area contributed by atoms with E-state index in [1.54, 1.807) is 12.1 Å². The topological polar surface area (TPSA) is 51.5 Å². The van der Waals surface area contributed by atoms with Gasteiger partial charge in [0.25, 0.3) is 5.91 Å². The minimum absolute atomic E-state index is 0.195. The molecule has 0 aliphatic heterocycles. The predicted molar refractivity (Wildman–Crippen MR) is 73.3 cm³/mol. The van der Waals surface area contributed by atoms with Gasteiger partial charge in [0.2, 0.25) is 0 Å². The first-order chi connectivity index (χ1) is 9.24. The summed E-state index contributed by atoms with van der Waals surface area (Å²) in [5.74, 6) is 1.62. The second-order valence-corrected chi connectivity index (χ2v) is 3.98. The van der Waals surface area contributed by atoms with E-state index in [0.717, 1.165) is 11.3 Å². The largest absolute Gasteiger partial charge is 0.494 e. The van der Waals surface area contributed by atoms with E-state index in [-0.39, 0.29) is 5.91 Å². The zero-order chi connectivity index (χ0) is 13.7. The molecule has 0 radical (unpaired) electrons. The zero-order valence-electron chi connectivity index (χ0n) is 11.1. The molecule has 19 heavy (non-hydrogen) atoms. The van der Waals surface area contributed by atoms with Crippen LogP contribution in [0.15, 0.2) is 40.8 Å². The molecule has 0 atom stereocenters. The van der Waals surface area contributed by atoms with Crippen LogP contribution in [0, 0.1) is 0 Å². The van der Waals surface area contributed by atoms with Crippen LogP contribution in [-0.2, 0) is 0 Å². The van der Waals surface area contributed by atoms with E-state index < -0.39 is 0 Å². The summed E-state index contributed by atoms with van der Waals surface area (Å²) < 4.78 is 10.9. The molecule has 0 saturated carbocycles. The highest BCUT2D eigenvalue weighted by Crippen LogP contribution is 2.24. The average molecular weight is 259 g/mol. The molecular weight excluding hydrogens is 242 g/mol. The van der Waals surface area contributed by atoms with Crippen molar-refractivity contribution < 1.29 is 13.9 Å². The van der Waals surface area contributed by atoms with Gasteiger partial charge in [-0.15, -0.1) is 0 Å². The number of carbonyl (C=O) groups is 1.